The number of urea groups is 1. The van der Waals surface area contributed by atoms with E-state index in [4.69, 9.17) is 5.73 Å². The van der Waals surface area contributed by atoms with Crippen molar-refractivity contribution in [2.45, 2.75) is 25.3 Å². The van der Waals surface area contributed by atoms with Crippen LogP contribution in [0.3, 0.4) is 0 Å². The van der Waals surface area contributed by atoms with Gasteiger partial charge in [-0.2, -0.15) is 0 Å². The molecule has 0 atom stereocenters. The number of hydrogen-bond acceptors (Lipinski definition) is 3. The van der Waals surface area contributed by atoms with Crippen molar-refractivity contribution in [1.29, 1.82) is 0 Å². The van der Waals surface area contributed by atoms with E-state index < -0.39 is 0 Å². The molecule has 2 heterocycles. The van der Waals surface area contributed by atoms with Crippen LogP contribution >= 0.6 is 0 Å². The number of rotatable bonds is 4. The zero-order valence-electron chi connectivity index (χ0n) is 10.8. The summed E-state index contributed by atoms with van der Waals surface area (Å²) in [6, 6.07) is 0.183. The first-order valence-electron chi connectivity index (χ1n) is 6.41. The number of nitrogens with one attached hydrogen (secondary N) is 1. The molecule has 0 saturated carbocycles. The van der Waals surface area contributed by atoms with E-state index in [1.807, 2.05) is 24.0 Å². The maximum atomic E-state index is 11.0. The van der Waals surface area contributed by atoms with Crippen molar-refractivity contribution in [3.8, 4) is 0 Å². The largest absolute Gasteiger partial charge is 0.351 e. The van der Waals surface area contributed by atoms with Gasteiger partial charge in [0, 0.05) is 51.5 Å². The fraction of sp³-hybridized carbons (Fsp3) is 0.667. The second-order valence-electron chi connectivity index (χ2n) is 4.76. The van der Waals surface area contributed by atoms with Crippen molar-refractivity contribution >= 4 is 6.03 Å². The van der Waals surface area contributed by atoms with Crippen LogP contribution in [0.2, 0.25) is 0 Å². The first-order chi connectivity index (χ1) is 8.66. The summed E-state index contributed by atoms with van der Waals surface area (Å²) in [4.78, 5) is 17.0. The van der Waals surface area contributed by atoms with Gasteiger partial charge in [-0.3, -0.25) is 0 Å². The molecule has 1 aliphatic heterocycles. The number of primary amides is 1. The fourth-order valence-electron chi connectivity index (χ4n) is 2.33. The van der Waals surface area contributed by atoms with E-state index in [0.29, 0.717) is 6.04 Å². The molecule has 6 heteroatoms. The number of carbonyl (C=O) groups is 1. The Bertz CT molecular complexity index is 395. The van der Waals surface area contributed by atoms with Crippen LogP contribution in [0.1, 0.15) is 18.7 Å². The monoisotopic (exact) mass is 251 g/mol. The minimum Gasteiger partial charge on any atom is -0.351 e. The van der Waals surface area contributed by atoms with E-state index in [1.165, 1.54) is 0 Å². The molecule has 1 fully saturated rings. The van der Waals surface area contributed by atoms with E-state index in [0.717, 1.165) is 44.7 Å². The third-order valence-corrected chi connectivity index (χ3v) is 3.51. The van der Waals surface area contributed by atoms with Crippen LogP contribution in [0.4, 0.5) is 4.79 Å². The first-order valence-corrected chi connectivity index (χ1v) is 6.41. The molecule has 1 saturated heterocycles. The molecule has 0 spiro atoms. The predicted molar refractivity (Wildman–Crippen MR) is 69.1 cm³/mol. The van der Waals surface area contributed by atoms with Gasteiger partial charge in [-0.15, -0.1) is 0 Å². The fourth-order valence-corrected chi connectivity index (χ4v) is 2.33. The summed E-state index contributed by atoms with van der Waals surface area (Å²) in [6.45, 7) is 2.44. The van der Waals surface area contributed by atoms with Crippen molar-refractivity contribution in [3.63, 3.8) is 0 Å². The van der Waals surface area contributed by atoms with Crippen molar-refractivity contribution < 1.29 is 4.79 Å². The number of aryl methyl sites for hydroxylation is 1. The molecule has 1 aromatic rings. The number of piperidine rings is 1. The molecule has 0 bridgehead atoms. The van der Waals surface area contributed by atoms with E-state index in [2.05, 4.69) is 10.3 Å². The van der Waals surface area contributed by atoms with Crippen molar-refractivity contribution in [2.75, 3.05) is 19.6 Å². The number of likely N-dealkylation sites (tertiary alicyclic amines) is 1. The summed E-state index contributed by atoms with van der Waals surface area (Å²) < 4.78 is 2.04. The summed E-state index contributed by atoms with van der Waals surface area (Å²) in [5.41, 5.74) is 5.25. The zero-order chi connectivity index (χ0) is 13.0. The average molecular weight is 251 g/mol. The molecule has 1 aliphatic rings. The number of nitrogens with zero attached hydrogens (tertiary/aromatic N) is 3. The molecule has 0 unspecified atom stereocenters. The molecular formula is C12H21N5O. The molecule has 0 aliphatic carbocycles. The van der Waals surface area contributed by atoms with E-state index in [-0.39, 0.29) is 6.03 Å². The predicted octanol–water partition coefficient (Wildman–Crippen LogP) is 0.0953. The van der Waals surface area contributed by atoms with Gasteiger partial charge in [-0.25, -0.2) is 9.78 Å². The summed E-state index contributed by atoms with van der Waals surface area (Å²) in [5.74, 6) is 1.09. The molecule has 6 nitrogen and oxygen atoms in total. The molecule has 18 heavy (non-hydrogen) atoms. The standard InChI is InChI=1S/C12H21N5O/c1-16-9-6-15-11(16)2-5-14-10-3-7-17(8-4-10)12(13)18/h6,9-10,14H,2-5,7-8H2,1H3,(H2,13,18). The SMILES string of the molecule is Cn1ccnc1CCNC1CCN(C(N)=O)CC1. The highest BCUT2D eigenvalue weighted by atomic mass is 16.2. The Morgan fingerprint density at radius 3 is 2.83 bits per heavy atom. The second kappa shape index (κ2) is 5.86. The van der Waals surface area contributed by atoms with E-state index >= 15 is 0 Å². The second-order valence-corrected chi connectivity index (χ2v) is 4.76. The van der Waals surface area contributed by atoms with Crippen LogP contribution in [-0.4, -0.2) is 46.2 Å². The number of aromatic nitrogens is 2. The Hall–Kier alpha value is -1.56. The van der Waals surface area contributed by atoms with Gasteiger partial charge in [0.05, 0.1) is 0 Å². The lowest BCUT2D eigenvalue weighted by atomic mass is 10.1. The summed E-state index contributed by atoms with van der Waals surface area (Å²) >= 11 is 0. The van der Waals surface area contributed by atoms with Gasteiger partial charge >= 0.3 is 6.03 Å². The molecule has 100 valence electrons. The smallest absolute Gasteiger partial charge is 0.314 e. The third-order valence-electron chi connectivity index (χ3n) is 3.51. The average Bonchev–Trinajstić information content (AvgIpc) is 2.76. The Morgan fingerprint density at radius 2 is 2.28 bits per heavy atom. The molecule has 2 amide bonds. The highest BCUT2D eigenvalue weighted by molar-refractivity contribution is 5.72. The molecular weight excluding hydrogens is 230 g/mol. The maximum Gasteiger partial charge on any atom is 0.314 e. The van der Waals surface area contributed by atoms with Gasteiger partial charge in [0.25, 0.3) is 0 Å². The van der Waals surface area contributed by atoms with Crippen LogP contribution < -0.4 is 11.1 Å². The Morgan fingerprint density at radius 1 is 1.56 bits per heavy atom. The van der Waals surface area contributed by atoms with Crippen LogP contribution in [-0.2, 0) is 13.5 Å². The van der Waals surface area contributed by atoms with Gasteiger partial charge in [0.2, 0.25) is 0 Å². The van der Waals surface area contributed by atoms with Crippen molar-refractivity contribution in [3.05, 3.63) is 18.2 Å². The molecule has 3 N–H and O–H groups in total. The topological polar surface area (TPSA) is 76.2 Å². The summed E-state index contributed by atoms with van der Waals surface area (Å²) in [7, 11) is 2.01. The van der Waals surface area contributed by atoms with Gasteiger partial charge in [0.1, 0.15) is 5.82 Å². The Kier molecular flexibility index (Phi) is 4.19. The Balaban J connectivity index is 1.67. The zero-order valence-corrected chi connectivity index (χ0v) is 10.8. The third kappa shape index (κ3) is 3.22. The van der Waals surface area contributed by atoms with Crippen molar-refractivity contribution in [1.82, 2.24) is 19.8 Å². The highest BCUT2D eigenvalue weighted by Gasteiger charge is 2.20. The van der Waals surface area contributed by atoms with Crippen LogP contribution in [0, 0.1) is 0 Å². The molecule has 2 rings (SSSR count). The van der Waals surface area contributed by atoms with Gasteiger partial charge in [-0.05, 0) is 12.8 Å². The molecule has 0 aromatic carbocycles. The van der Waals surface area contributed by atoms with Gasteiger partial charge in [0.15, 0.2) is 0 Å². The molecule has 1 aromatic heterocycles. The summed E-state index contributed by atoms with van der Waals surface area (Å²) in [6.07, 6.45) is 6.66. The quantitative estimate of drug-likeness (QED) is 0.796. The van der Waals surface area contributed by atoms with Gasteiger partial charge < -0.3 is 20.5 Å². The lowest BCUT2D eigenvalue weighted by Crippen LogP contribution is -2.47. The van der Waals surface area contributed by atoms with E-state index in [9.17, 15) is 4.79 Å². The van der Waals surface area contributed by atoms with Crippen molar-refractivity contribution in [2.24, 2.45) is 12.8 Å². The minimum atomic E-state index is -0.304. The van der Waals surface area contributed by atoms with Crippen LogP contribution in [0.5, 0.6) is 0 Å². The first kappa shape index (κ1) is 12.9. The molecule has 0 radical (unpaired) electrons. The number of nitrogens with two attached hydrogens (primary N) is 1. The Labute approximate surface area is 107 Å². The number of amides is 2. The highest BCUT2D eigenvalue weighted by Crippen LogP contribution is 2.09. The van der Waals surface area contributed by atoms with Crippen LogP contribution in [0.25, 0.3) is 0 Å². The maximum absolute atomic E-state index is 11.0. The lowest BCUT2D eigenvalue weighted by Gasteiger charge is -2.31. The van der Waals surface area contributed by atoms with E-state index in [1.54, 1.807) is 4.90 Å². The van der Waals surface area contributed by atoms with Crippen LogP contribution in [0.15, 0.2) is 12.4 Å². The summed E-state index contributed by atoms with van der Waals surface area (Å²) in [5, 5.41) is 3.51. The number of imidazole rings is 1. The van der Waals surface area contributed by atoms with Gasteiger partial charge in [-0.1, -0.05) is 0 Å². The lowest BCUT2D eigenvalue weighted by molar-refractivity contribution is 0.185. The minimum absolute atomic E-state index is 0.304. The number of hydrogen-bond donors (Lipinski definition) is 2. The number of carbonyl (C=O) groups excluding carboxylic acids is 1. The normalized spacial score (nSPS) is 17.1.